The molecule has 1 fully saturated rings. The van der Waals surface area contributed by atoms with Gasteiger partial charge in [-0.05, 0) is 37.5 Å². The second-order valence-corrected chi connectivity index (χ2v) is 5.08. The van der Waals surface area contributed by atoms with Gasteiger partial charge < -0.3 is 15.3 Å². The molecule has 1 saturated carbocycles. The van der Waals surface area contributed by atoms with Crippen molar-refractivity contribution in [1.82, 2.24) is 5.32 Å². The first-order valence-electron chi connectivity index (χ1n) is 6.45. The van der Waals surface area contributed by atoms with Crippen LogP contribution in [0.3, 0.4) is 0 Å². The highest BCUT2D eigenvalue weighted by molar-refractivity contribution is 5.81. The van der Waals surface area contributed by atoms with Crippen LogP contribution in [0.4, 0.5) is 10.1 Å². The van der Waals surface area contributed by atoms with Crippen LogP contribution < -0.4 is 10.2 Å². The van der Waals surface area contributed by atoms with Gasteiger partial charge in [0.25, 0.3) is 0 Å². The van der Waals surface area contributed by atoms with Gasteiger partial charge in [0.05, 0.1) is 18.3 Å². The van der Waals surface area contributed by atoms with Gasteiger partial charge in [-0.25, -0.2) is 4.39 Å². The molecule has 2 rings (SSSR count). The highest BCUT2D eigenvalue weighted by Gasteiger charge is 2.24. The summed E-state index contributed by atoms with van der Waals surface area (Å²) in [5.74, 6) is -0.524. The number of aliphatic hydroxyl groups excluding tert-OH is 1. The van der Waals surface area contributed by atoms with E-state index in [2.05, 4.69) is 5.32 Å². The maximum absolute atomic E-state index is 13.9. The van der Waals surface area contributed by atoms with Gasteiger partial charge in [0.1, 0.15) is 5.82 Å². The lowest BCUT2D eigenvalue weighted by Gasteiger charge is -2.20. The molecular weight excluding hydrogens is 247 g/mol. The highest BCUT2D eigenvalue weighted by Crippen LogP contribution is 2.23. The third kappa shape index (κ3) is 3.67. The van der Waals surface area contributed by atoms with E-state index in [-0.39, 0.29) is 12.5 Å². The molecular formula is C14H19FN2O2. The molecule has 0 radical (unpaired) electrons. The molecule has 5 heteroatoms. The van der Waals surface area contributed by atoms with E-state index in [0.717, 1.165) is 12.8 Å². The van der Waals surface area contributed by atoms with Crippen molar-refractivity contribution in [3.63, 3.8) is 0 Å². The molecule has 0 aliphatic heterocycles. The van der Waals surface area contributed by atoms with Crippen LogP contribution in [0.25, 0.3) is 0 Å². The Hall–Kier alpha value is -1.62. The van der Waals surface area contributed by atoms with Crippen molar-refractivity contribution in [2.75, 3.05) is 18.5 Å². The average Bonchev–Trinajstić information content (AvgIpc) is 3.12. The number of nitrogens with one attached hydrogen (secondary N) is 1. The van der Waals surface area contributed by atoms with Crippen molar-refractivity contribution >= 4 is 11.6 Å². The molecule has 1 aliphatic rings. The fourth-order valence-electron chi connectivity index (χ4n) is 1.89. The fraction of sp³-hybridized carbons (Fsp3) is 0.500. The van der Waals surface area contributed by atoms with Crippen molar-refractivity contribution in [2.24, 2.45) is 0 Å². The summed E-state index contributed by atoms with van der Waals surface area (Å²) in [5.41, 5.74) is 0.882. The SMILES string of the molecule is C[C@H](O)c1ccc(N(C)CC(=O)NC2CC2)c(F)c1. The first-order valence-corrected chi connectivity index (χ1v) is 6.45. The number of hydrogen-bond donors (Lipinski definition) is 2. The second kappa shape index (κ2) is 5.57. The molecule has 1 atom stereocenters. The minimum Gasteiger partial charge on any atom is -0.389 e. The maximum atomic E-state index is 13.9. The van der Waals surface area contributed by atoms with E-state index in [4.69, 9.17) is 0 Å². The second-order valence-electron chi connectivity index (χ2n) is 5.08. The zero-order chi connectivity index (χ0) is 14.0. The molecule has 1 aliphatic carbocycles. The molecule has 2 N–H and O–H groups in total. The molecule has 0 unspecified atom stereocenters. The summed E-state index contributed by atoms with van der Waals surface area (Å²) in [6.07, 6.45) is 1.37. The van der Waals surface area contributed by atoms with E-state index in [1.165, 1.54) is 6.07 Å². The molecule has 0 saturated heterocycles. The summed E-state index contributed by atoms with van der Waals surface area (Å²) in [5, 5.41) is 12.2. The van der Waals surface area contributed by atoms with Gasteiger partial charge in [0.2, 0.25) is 5.91 Å². The molecule has 1 aromatic carbocycles. The number of amides is 1. The highest BCUT2D eigenvalue weighted by atomic mass is 19.1. The number of likely N-dealkylation sites (N-methyl/N-ethyl adjacent to an activating group) is 1. The zero-order valence-corrected chi connectivity index (χ0v) is 11.2. The number of nitrogens with zero attached hydrogens (tertiary/aromatic N) is 1. The van der Waals surface area contributed by atoms with E-state index < -0.39 is 11.9 Å². The number of benzene rings is 1. The van der Waals surface area contributed by atoms with Crippen LogP contribution in [0.15, 0.2) is 18.2 Å². The Balaban J connectivity index is 2.01. The molecule has 0 spiro atoms. The number of halogens is 1. The monoisotopic (exact) mass is 266 g/mol. The van der Waals surface area contributed by atoms with Crippen molar-refractivity contribution in [3.05, 3.63) is 29.6 Å². The Bertz CT molecular complexity index is 473. The van der Waals surface area contributed by atoms with Gasteiger partial charge in [0.15, 0.2) is 0 Å². The van der Waals surface area contributed by atoms with Gasteiger partial charge >= 0.3 is 0 Å². The van der Waals surface area contributed by atoms with Crippen LogP contribution in [-0.4, -0.2) is 30.6 Å². The van der Waals surface area contributed by atoms with E-state index in [9.17, 15) is 14.3 Å². The average molecular weight is 266 g/mol. The van der Waals surface area contributed by atoms with Crippen LogP contribution in [-0.2, 0) is 4.79 Å². The van der Waals surface area contributed by atoms with Crippen LogP contribution in [0.2, 0.25) is 0 Å². The lowest BCUT2D eigenvalue weighted by molar-refractivity contribution is -0.119. The Morgan fingerprint density at radius 1 is 1.58 bits per heavy atom. The van der Waals surface area contributed by atoms with Crippen molar-refractivity contribution < 1.29 is 14.3 Å². The predicted octanol–water partition coefficient (Wildman–Crippen LogP) is 1.59. The van der Waals surface area contributed by atoms with E-state index in [1.807, 2.05) is 0 Å². The lowest BCUT2D eigenvalue weighted by atomic mass is 10.1. The number of aliphatic hydroxyl groups is 1. The Labute approximate surface area is 112 Å². The molecule has 0 aromatic heterocycles. The molecule has 4 nitrogen and oxygen atoms in total. The van der Waals surface area contributed by atoms with Crippen LogP contribution in [0.1, 0.15) is 31.4 Å². The lowest BCUT2D eigenvalue weighted by Crippen LogP contribution is -2.36. The zero-order valence-electron chi connectivity index (χ0n) is 11.2. The normalized spacial score (nSPS) is 16.0. The minimum absolute atomic E-state index is 0.0935. The van der Waals surface area contributed by atoms with E-state index in [0.29, 0.717) is 17.3 Å². The molecule has 0 heterocycles. The van der Waals surface area contributed by atoms with Crippen LogP contribution in [0.5, 0.6) is 0 Å². The number of carbonyl (C=O) groups is 1. The van der Waals surface area contributed by atoms with Crippen molar-refractivity contribution in [2.45, 2.75) is 31.9 Å². The first-order chi connectivity index (χ1) is 8.97. The van der Waals surface area contributed by atoms with Gasteiger partial charge in [-0.3, -0.25) is 4.79 Å². The molecule has 19 heavy (non-hydrogen) atoms. The summed E-state index contributed by atoms with van der Waals surface area (Å²) in [6.45, 7) is 1.71. The first kappa shape index (κ1) is 13.8. The third-order valence-electron chi connectivity index (χ3n) is 3.19. The van der Waals surface area contributed by atoms with Crippen molar-refractivity contribution in [1.29, 1.82) is 0 Å². The van der Waals surface area contributed by atoms with Gasteiger partial charge in [-0.1, -0.05) is 6.07 Å². The summed E-state index contributed by atoms with van der Waals surface area (Å²) >= 11 is 0. The maximum Gasteiger partial charge on any atom is 0.239 e. The molecule has 1 aromatic rings. The summed E-state index contributed by atoms with van der Waals surface area (Å²) in [4.78, 5) is 13.2. The van der Waals surface area contributed by atoms with Crippen LogP contribution in [0, 0.1) is 5.82 Å². The molecule has 0 bridgehead atoms. The van der Waals surface area contributed by atoms with Gasteiger partial charge in [-0.2, -0.15) is 0 Å². The predicted molar refractivity (Wildman–Crippen MR) is 71.5 cm³/mol. The Morgan fingerprint density at radius 2 is 2.26 bits per heavy atom. The van der Waals surface area contributed by atoms with E-state index in [1.54, 1.807) is 31.0 Å². The van der Waals surface area contributed by atoms with E-state index >= 15 is 0 Å². The van der Waals surface area contributed by atoms with Gasteiger partial charge in [0, 0.05) is 13.1 Å². The summed E-state index contributed by atoms with van der Waals surface area (Å²) in [7, 11) is 1.67. The summed E-state index contributed by atoms with van der Waals surface area (Å²) < 4.78 is 13.9. The largest absolute Gasteiger partial charge is 0.389 e. The Morgan fingerprint density at radius 3 is 2.79 bits per heavy atom. The summed E-state index contributed by atoms with van der Waals surface area (Å²) in [6, 6.07) is 4.86. The number of hydrogen-bond acceptors (Lipinski definition) is 3. The number of carbonyl (C=O) groups excluding carboxylic acids is 1. The smallest absolute Gasteiger partial charge is 0.239 e. The minimum atomic E-state index is -0.702. The number of rotatable bonds is 5. The van der Waals surface area contributed by atoms with Gasteiger partial charge in [-0.15, -0.1) is 0 Å². The quantitative estimate of drug-likeness (QED) is 0.851. The van der Waals surface area contributed by atoms with Crippen molar-refractivity contribution in [3.8, 4) is 0 Å². The molecule has 104 valence electrons. The third-order valence-corrected chi connectivity index (χ3v) is 3.19. The van der Waals surface area contributed by atoms with Crippen LogP contribution >= 0.6 is 0 Å². The standard InChI is InChI=1S/C14H19FN2O2/c1-9(18)10-3-6-13(12(15)7-10)17(2)8-14(19)16-11-4-5-11/h3,6-7,9,11,18H,4-5,8H2,1-2H3,(H,16,19)/t9-/m0/s1. The molecule has 1 amide bonds. The fourth-order valence-corrected chi connectivity index (χ4v) is 1.89. The topological polar surface area (TPSA) is 52.6 Å². The Kier molecular flexibility index (Phi) is 4.04. The number of anilines is 1.